The fourth-order valence-electron chi connectivity index (χ4n) is 3.35. The van der Waals surface area contributed by atoms with Gasteiger partial charge in [0.2, 0.25) is 5.91 Å². The van der Waals surface area contributed by atoms with Crippen LogP contribution in [0.2, 0.25) is 5.15 Å². The van der Waals surface area contributed by atoms with Crippen molar-refractivity contribution < 1.29 is 13.2 Å². The lowest BCUT2D eigenvalue weighted by molar-refractivity contribution is -0.111. The van der Waals surface area contributed by atoms with E-state index in [4.69, 9.17) is 11.6 Å². The molecule has 31 heavy (non-hydrogen) atoms. The number of aromatic nitrogens is 2. The van der Waals surface area contributed by atoms with Gasteiger partial charge in [-0.05, 0) is 44.0 Å². The minimum Gasteiger partial charge on any atom is -0.362 e. The van der Waals surface area contributed by atoms with Crippen LogP contribution in [0.25, 0.3) is 6.08 Å². The smallest absolute Gasteiger partial charge is 0.284 e. The Bertz CT molecular complexity index is 1140. The molecule has 1 aliphatic rings. The van der Waals surface area contributed by atoms with E-state index < -0.39 is 15.9 Å². The Labute approximate surface area is 187 Å². The predicted octanol–water partition coefficient (Wildman–Crippen LogP) is 3.63. The molecule has 3 rings (SSSR count). The van der Waals surface area contributed by atoms with Gasteiger partial charge in [0.25, 0.3) is 10.0 Å². The van der Waals surface area contributed by atoms with Crippen molar-refractivity contribution in [3.8, 4) is 0 Å². The van der Waals surface area contributed by atoms with Crippen LogP contribution in [-0.4, -0.2) is 48.4 Å². The highest BCUT2D eigenvalue weighted by atomic mass is 35.5. The second-order valence-corrected chi connectivity index (χ2v) is 9.44. The molecule has 8 nitrogen and oxygen atoms in total. The van der Waals surface area contributed by atoms with Crippen LogP contribution in [0.5, 0.6) is 0 Å². The summed E-state index contributed by atoms with van der Waals surface area (Å²) in [5.74, 6) is 0.155. The Balaban J connectivity index is 1.76. The molecule has 0 aliphatic carbocycles. The summed E-state index contributed by atoms with van der Waals surface area (Å²) in [4.78, 5) is 14.3. The zero-order chi connectivity index (χ0) is 22.6. The van der Waals surface area contributed by atoms with Crippen molar-refractivity contribution in [2.24, 2.45) is 11.4 Å². The first-order valence-corrected chi connectivity index (χ1v) is 11.8. The monoisotopic (exact) mass is 463 g/mol. The maximum atomic E-state index is 12.8. The van der Waals surface area contributed by atoms with E-state index in [2.05, 4.69) is 14.8 Å². The highest BCUT2D eigenvalue weighted by Gasteiger charge is 2.19. The van der Waals surface area contributed by atoms with Gasteiger partial charge in [0, 0.05) is 44.4 Å². The van der Waals surface area contributed by atoms with Gasteiger partial charge >= 0.3 is 0 Å². The Hall–Kier alpha value is -2.65. The zero-order valence-corrected chi connectivity index (χ0v) is 19.4. The van der Waals surface area contributed by atoms with E-state index in [0.717, 1.165) is 25.8 Å². The molecule has 1 fully saturated rings. The molecule has 0 bridgehead atoms. The number of amidine groups is 1. The van der Waals surface area contributed by atoms with Crippen LogP contribution >= 0.6 is 11.6 Å². The van der Waals surface area contributed by atoms with Gasteiger partial charge < -0.3 is 10.2 Å². The van der Waals surface area contributed by atoms with Gasteiger partial charge in [0.1, 0.15) is 11.0 Å². The van der Waals surface area contributed by atoms with Crippen LogP contribution in [-0.2, 0) is 21.9 Å². The summed E-state index contributed by atoms with van der Waals surface area (Å²) in [5.41, 5.74) is 1.71. The first kappa shape index (κ1) is 23.0. The van der Waals surface area contributed by atoms with E-state index in [0.29, 0.717) is 34.4 Å². The van der Waals surface area contributed by atoms with E-state index in [9.17, 15) is 13.2 Å². The molecule has 1 aliphatic heterocycles. The van der Waals surface area contributed by atoms with Crippen LogP contribution in [0.4, 0.5) is 5.69 Å². The number of amides is 1. The molecular weight excluding hydrogens is 438 g/mol. The van der Waals surface area contributed by atoms with Crippen molar-refractivity contribution in [2.75, 3.05) is 18.9 Å². The van der Waals surface area contributed by atoms with Crippen LogP contribution in [0, 0.1) is 6.92 Å². The fourth-order valence-corrected chi connectivity index (χ4v) is 4.73. The van der Waals surface area contributed by atoms with Crippen molar-refractivity contribution in [1.29, 1.82) is 0 Å². The molecule has 0 spiro atoms. The number of likely N-dealkylation sites (tertiary alicyclic amines) is 1. The van der Waals surface area contributed by atoms with Crippen LogP contribution in [0.15, 0.2) is 39.6 Å². The van der Waals surface area contributed by atoms with E-state index in [1.165, 1.54) is 22.9 Å². The molecule has 0 unspecified atom stereocenters. The summed E-state index contributed by atoms with van der Waals surface area (Å²) in [5, 5.41) is 7.29. The predicted molar refractivity (Wildman–Crippen MR) is 123 cm³/mol. The largest absolute Gasteiger partial charge is 0.362 e. The highest BCUT2D eigenvalue weighted by Crippen LogP contribution is 2.22. The third-order valence-corrected chi connectivity index (χ3v) is 6.81. The molecular formula is C21H26ClN5O3S. The standard InChI is InChI=1S/C21H26ClN5O3S/c1-15-18(21(22)27(3)24-15)11-12-20(28)23-16-8-7-9-17(14-16)31(29,30)25-19-10-5-4-6-13-26(19)2/h7-9,11-12,14H,4-6,10,13H2,1-3H3,(H,23,28). The van der Waals surface area contributed by atoms with Crippen molar-refractivity contribution in [3.05, 3.63) is 46.8 Å². The molecule has 2 heterocycles. The number of carbonyl (C=O) groups excluding carboxylic acids is 1. The van der Waals surface area contributed by atoms with Crippen LogP contribution in [0.1, 0.15) is 36.9 Å². The number of hydrogen-bond donors (Lipinski definition) is 1. The van der Waals surface area contributed by atoms with E-state index >= 15 is 0 Å². The summed E-state index contributed by atoms with van der Waals surface area (Å²) in [6.07, 6.45) is 6.54. The third kappa shape index (κ3) is 5.74. The number of nitrogens with zero attached hydrogens (tertiary/aromatic N) is 4. The van der Waals surface area contributed by atoms with E-state index in [1.54, 1.807) is 32.2 Å². The van der Waals surface area contributed by atoms with Gasteiger partial charge in [-0.15, -0.1) is 4.40 Å². The highest BCUT2D eigenvalue weighted by molar-refractivity contribution is 7.90. The summed E-state index contributed by atoms with van der Waals surface area (Å²) >= 11 is 6.16. The van der Waals surface area contributed by atoms with Gasteiger partial charge in [0.15, 0.2) is 0 Å². The maximum Gasteiger partial charge on any atom is 0.284 e. The molecule has 0 radical (unpaired) electrons. The summed E-state index contributed by atoms with van der Waals surface area (Å²) < 4.78 is 31.2. The van der Waals surface area contributed by atoms with Crippen molar-refractivity contribution in [1.82, 2.24) is 14.7 Å². The number of benzene rings is 1. The number of carbonyl (C=O) groups is 1. The van der Waals surface area contributed by atoms with E-state index in [1.807, 2.05) is 11.9 Å². The molecule has 2 aromatic rings. The van der Waals surface area contributed by atoms with Gasteiger partial charge in [-0.3, -0.25) is 9.48 Å². The number of hydrogen-bond acceptors (Lipinski definition) is 4. The molecule has 1 N–H and O–H groups in total. The first-order chi connectivity index (χ1) is 14.7. The molecule has 1 aromatic carbocycles. The molecule has 10 heteroatoms. The number of halogens is 1. The Morgan fingerprint density at radius 1 is 1.26 bits per heavy atom. The average molecular weight is 464 g/mol. The Kier molecular flexibility index (Phi) is 7.17. The van der Waals surface area contributed by atoms with Gasteiger partial charge in [-0.1, -0.05) is 24.1 Å². The van der Waals surface area contributed by atoms with Crippen molar-refractivity contribution >= 4 is 45.1 Å². The molecule has 0 atom stereocenters. The van der Waals surface area contributed by atoms with Crippen LogP contribution < -0.4 is 5.32 Å². The first-order valence-electron chi connectivity index (χ1n) is 10.0. The number of nitrogens with one attached hydrogen (secondary N) is 1. The number of rotatable bonds is 5. The minimum absolute atomic E-state index is 0.0329. The third-order valence-electron chi connectivity index (χ3n) is 5.06. The molecule has 1 saturated heterocycles. The molecule has 1 amide bonds. The van der Waals surface area contributed by atoms with Gasteiger partial charge in [0.05, 0.1) is 10.6 Å². The maximum absolute atomic E-state index is 12.8. The second kappa shape index (κ2) is 9.65. The van der Waals surface area contributed by atoms with Crippen molar-refractivity contribution in [2.45, 2.75) is 37.5 Å². The Morgan fingerprint density at radius 3 is 2.74 bits per heavy atom. The quantitative estimate of drug-likeness (QED) is 0.683. The fraction of sp³-hybridized carbons (Fsp3) is 0.381. The molecule has 0 saturated carbocycles. The topological polar surface area (TPSA) is 96.7 Å². The lowest BCUT2D eigenvalue weighted by Gasteiger charge is -2.17. The van der Waals surface area contributed by atoms with Gasteiger partial charge in [-0.2, -0.15) is 13.5 Å². The van der Waals surface area contributed by atoms with Gasteiger partial charge in [-0.25, -0.2) is 0 Å². The number of aryl methyl sites for hydroxylation is 2. The zero-order valence-electron chi connectivity index (χ0n) is 17.8. The minimum atomic E-state index is -3.88. The lowest BCUT2D eigenvalue weighted by Crippen LogP contribution is -2.26. The Morgan fingerprint density at radius 2 is 2.03 bits per heavy atom. The van der Waals surface area contributed by atoms with E-state index in [-0.39, 0.29) is 4.90 Å². The summed E-state index contributed by atoms with van der Waals surface area (Å²) in [6, 6.07) is 6.08. The lowest BCUT2D eigenvalue weighted by atomic mass is 10.2. The summed E-state index contributed by atoms with van der Waals surface area (Å²) in [7, 11) is -0.305. The van der Waals surface area contributed by atoms with Crippen LogP contribution in [0.3, 0.4) is 0 Å². The van der Waals surface area contributed by atoms with Crippen molar-refractivity contribution in [3.63, 3.8) is 0 Å². The molecule has 1 aromatic heterocycles. The summed E-state index contributed by atoms with van der Waals surface area (Å²) in [6.45, 7) is 2.59. The number of sulfonamides is 1. The SMILES string of the molecule is Cc1nn(C)c(Cl)c1C=CC(=O)Nc1cccc(S(=O)(=O)N=C2CCCCCN2C)c1. The molecule has 166 valence electrons. The average Bonchev–Trinajstić information content (AvgIpc) is 2.84. The second-order valence-electron chi connectivity index (χ2n) is 7.48. The number of anilines is 1. The normalized spacial score (nSPS) is 16.6.